The highest BCUT2D eigenvalue weighted by Gasteiger charge is 2.19. The average Bonchev–Trinajstić information content (AvgIpc) is 0.846. The number of ether oxygens (including phenoxy) is 4. The van der Waals surface area contributed by atoms with Crippen LogP contribution in [0.4, 0.5) is 39.5 Å². The smallest absolute Gasteiger partial charge is 0.216 e. The van der Waals surface area contributed by atoms with Crippen LogP contribution in [0.25, 0.3) is 22.8 Å². The van der Waals surface area contributed by atoms with E-state index in [2.05, 4.69) is 16.7 Å². The van der Waals surface area contributed by atoms with Crippen LogP contribution in [0.15, 0.2) is 370 Å². The van der Waals surface area contributed by atoms with E-state index in [1.807, 2.05) is 190 Å². The topological polar surface area (TPSA) is 208 Å². The van der Waals surface area contributed by atoms with E-state index in [-0.39, 0.29) is 76.0 Å². The number of carbonyl (C=O) groups excluding carboxylic acids is 1. The van der Waals surface area contributed by atoms with Gasteiger partial charge in [0.2, 0.25) is 5.91 Å². The molecule has 14 aromatic rings. The second-order valence-corrected chi connectivity index (χ2v) is 30.8. The summed E-state index contributed by atoms with van der Waals surface area (Å²) in [6, 6.07) is 98.7. The number of methoxy groups -OCH3 is 3. The maximum atomic E-state index is 13.5. The molecule has 0 aliphatic rings. The van der Waals surface area contributed by atoms with Gasteiger partial charge in [-0.2, -0.15) is 0 Å². The molecule has 0 saturated carbocycles. The zero-order chi connectivity index (χ0) is 98.2. The first kappa shape index (κ1) is 109. The van der Waals surface area contributed by atoms with E-state index in [0.29, 0.717) is 68.3 Å². The second kappa shape index (κ2) is 61.8. The molecule has 0 bridgehead atoms. The van der Waals surface area contributed by atoms with Crippen molar-refractivity contribution in [3.63, 3.8) is 0 Å². The molecule has 0 fully saturated rings. The number of halogens is 10. The summed E-state index contributed by atoms with van der Waals surface area (Å²) in [7, 11) is 6.86. The molecule has 0 saturated heterocycles. The van der Waals surface area contributed by atoms with E-state index in [4.69, 9.17) is 59.2 Å². The highest BCUT2D eigenvalue weighted by Crippen LogP contribution is 2.35. The van der Waals surface area contributed by atoms with Gasteiger partial charge in [-0.15, -0.1) is 0 Å². The molecule has 0 aliphatic heterocycles. The third kappa shape index (κ3) is 39.7. The number of benzene rings is 14. The molecular formula is C114H119ClF9N7O5. The molecule has 12 N–H and O–H groups in total. The Hall–Kier alpha value is -13.9. The fourth-order valence-corrected chi connectivity index (χ4v) is 14.5. The lowest BCUT2D eigenvalue weighted by molar-refractivity contribution is -0.118. The minimum absolute atomic E-state index is 0.113. The lowest BCUT2D eigenvalue weighted by Gasteiger charge is -2.18. The normalized spacial score (nSPS) is 11.2. The number of hydrogen-bond acceptors (Lipinski definition) is 11. The van der Waals surface area contributed by atoms with Crippen molar-refractivity contribution in [1.82, 2.24) is 10.6 Å². The van der Waals surface area contributed by atoms with E-state index in [0.717, 1.165) is 127 Å². The molecular weight excluding hydrogens is 1750 g/mol. The predicted molar refractivity (Wildman–Crippen MR) is 538 cm³/mol. The predicted octanol–water partition coefficient (Wildman–Crippen LogP) is 25.0. The van der Waals surface area contributed by atoms with E-state index < -0.39 is 0 Å². The molecule has 2 atom stereocenters. The molecule has 0 aliphatic carbocycles. The van der Waals surface area contributed by atoms with Crippen LogP contribution in [0.3, 0.4) is 0 Å². The molecule has 710 valence electrons. The van der Waals surface area contributed by atoms with Crippen molar-refractivity contribution in [2.75, 3.05) is 80.8 Å². The Morgan fingerprint density at radius 3 is 1.07 bits per heavy atom. The van der Waals surface area contributed by atoms with Crippen LogP contribution in [-0.2, 0) is 11.2 Å². The largest absolute Gasteiger partial charge is 0.497 e. The molecule has 2 unspecified atom stereocenters. The Bertz CT molecular complexity index is 5840. The Morgan fingerprint density at radius 2 is 0.691 bits per heavy atom. The summed E-state index contributed by atoms with van der Waals surface area (Å²) in [5, 5.41) is 6.59. The Labute approximate surface area is 799 Å². The quantitative estimate of drug-likeness (QED) is 0.0203. The number of nitrogens with two attached hydrogens (primary N) is 5. The molecule has 14 rings (SSSR count). The standard InChI is InChI=1S/C17H17F2NO.C17H20FNO.C16H16ClNO.C16H17F2N.C16H16FNO.C15H13F2N.C9H10FN.C8H10O/c1-12(21)20-9-8-17(13-4-2-6-15(18)10-13)14-5-3-7-16(19)11-14;1-19-10-9-17(13-5-3-7-15(18)11-13)14-6-4-8-16(12-14)20-2;1-19-15-7-3-5-13(11-15)16(8-9-18)12-4-2-6-14(17)10-12;17-15-5-1-3-12(10-15)9-14(7-8-19)13-4-2-6-16(18)11-13;1-19-15-7-3-5-13(11-15)16(8-9-18)12-4-2-6-14(17)10-12;16-13-5-1-3-11(9-13)15(7-8-18)12-4-2-6-14(17)10-12;10-9-5-1-3-8(7-9)4-2-6-11;1-2-9-8-6-4-3-5-7-8/h2-7,10-11,17H,8-9H2,1H3,(H,20,21);3-8,11-12,17,19H,9-10H2,1-2H3;2-8,10-11H,9,18H2,1H3;1-6,10-11,14H,7-9,19H2;2-8,10-11H,9,18H2,1H3;1-7,9-10H,8,18H2;1-5,7H,6,11H2;3-7H,2H2,1H3/b;;16-8-;;16-8-;;4-2+;. The van der Waals surface area contributed by atoms with Gasteiger partial charge in [-0.05, 0) is 318 Å². The van der Waals surface area contributed by atoms with Crippen LogP contribution < -0.4 is 58.2 Å². The second-order valence-electron chi connectivity index (χ2n) is 30.4. The summed E-state index contributed by atoms with van der Waals surface area (Å²) in [4.78, 5) is 11.0. The highest BCUT2D eigenvalue weighted by molar-refractivity contribution is 6.30. The van der Waals surface area contributed by atoms with Gasteiger partial charge in [0.05, 0.1) is 27.9 Å². The van der Waals surface area contributed by atoms with Crippen LogP contribution in [0.2, 0.25) is 5.02 Å². The monoisotopic (exact) mass is 1870 g/mol. The van der Waals surface area contributed by atoms with Crippen molar-refractivity contribution >= 4 is 40.3 Å². The highest BCUT2D eigenvalue weighted by atomic mass is 35.5. The molecule has 136 heavy (non-hydrogen) atoms. The fraction of sp³-hybridized carbons (Fsp3) is 0.184. The van der Waals surface area contributed by atoms with Gasteiger partial charge in [-0.1, -0.05) is 218 Å². The van der Waals surface area contributed by atoms with Crippen LogP contribution in [-0.4, -0.2) is 86.7 Å². The van der Waals surface area contributed by atoms with Crippen molar-refractivity contribution in [1.29, 1.82) is 0 Å². The summed E-state index contributed by atoms with van der Waals surface area (Å²) in [6.45, 7) is 7.67. The molecule has 0 radical (unpaired) electrons. The first-order chi connectivity index (χ1) is 65.9. The van der Waals surface area contributed by atoms with E-state index in [9.17, 15) is 44.3 Å². The number of hydrogen-bond donors (Lipinski definition) is 7. The molecule has 22 heteroatoms. The molecule has 1 amide bonds. The minimum atomic E-state index is -0.327. The van der Waals surface area contributed by atoms with Crippen LogP contribution in [0, 0.1) is 52.4 Å². The van der Waals surface area contributed by atoms with Gasteiger partial charge in [0.1, 0.15) is 75.4 Å². The van der Waals surface area contributed by atoms with Gasteiger partial charge in [0.25, 0.3) is 0 Å². The van der Waals surface area contributed by atoms with Gasteiger partial charge >= 0.3 is 0 Å². The van der Waals surface area contributed by atoms with Crippen molar-refractivity contribution < 1.29 is 63.3 Å². The summed E-state index contributed by atoms with van der Waals surface area (Å²) >= 11 is 6.05. The van der Waals surface area contributed by atoms with Crippen molar-refractivity contribution in [3.8, 4) is 23.0 Å². The molecule has 0 heterocycles. The Balaban J connectivity index is 0.000000214. The summed E-state index contributed by atoms with van der Waals surface area (Å²) in [5.74, 6) is 0.869. The van der Waals surface area contributed by atoms with Crippen LogP contribution in [0.5, 0.6) is 23.0 Å². The summed E-state index contributed by atoms with van der Waals surface area (Å²) in [6.07, 6.45) is 12.1. The minimum Gasteiger partial charge on any atom is -0.497 e. The lowest BCUT2D eigenvalue weighted by Crippen LogP contribution is -2.22. The van der Waals surface area contributed by atoms with Gasteiger partial charge in [0, 0.05) is 56.5 Å². The molecule has 14 aromatic carbocycles. The lowest BCUT2D eigenvalue weighted by atomic mass is 9.88. The maximum Gasteiger partial charge on any atom is 0.216 e. The third-order valence-electron chi connectivity index (χ3n) is 20.6. The van der Waals surface area contributed by atoms with Gasteiger partial charge < -0.3 is 58.2 Å². The summed E-state index contributed by atoms with van der Waals surface area (Å²) in [5.41, 5.74) is 41.9. The molecule has 0 aromatic heterocycles. The number of nitrogens with one attached hydrogen (secondary N) is 2. The SMILES string of the molecule is CC(=O)NCCC(c1cccc(F)c1)c1cccc(F)c1.CCOc1ccccc1.CNCCC(c1cccc(F)c1)c1cccc(OC)c1.COc1cccc(/C(=C\CN)c2cccc(Cl)c2)c1.COc1cccc(/C(=C\CN)c2cccc(F)c2)c1.NC/C=C/c1cccc(F)c1.NCC=C(c1cccc(F)c1)c1cccc(F)c1.NCCC(Cc1cccc(F)c1)c1cccc(F)c1. The van der Waals surface area contributed by atoms with Crippen LogP contribution in [0.1, 0.15) is 123 Å². The Kier molecular flexibility index (Phi) is 49.6. The number of carbonyl (C=O) groups is 1. The fourth-order valence-electron chi connectivity index (χ4n) is 14.3. The maximum absolute atomic E-state index is 13.5. The third-order valence-corrected chi connectivity index (χ3v) is 20.8. The van der Waals surface area contributed by atoms with Crippen molar-refractivity contribution in [2.45, 2.75) is 57.3 Å². The number of para-hydroxylation sites is 1. The van der Waals surface area contributed by atoms with E-state index >= 15 is 0 Å². The zero-order valence-corrected chi connectivity index (χ0v) is 78.0. The van der Waals surface area contributed by atoms with Crippen molar-refractivity contribution in [3.05, 3.63) is 500 Å². The Morgan fingerprint density at radius 1 is 0.353 bits per heavy atom. The average molecular weight is 1870 g/mol. The number of rotatable bonds is 31. The van der Waals surface area contributed by atoms with Crippen molar-refractivity contribution in [2.24, 2.45) is 28.7 Å². The van der Waals surface area contributed by atoms with Gasteiger partial charge in [0.15, 0.2) is 0 Å². The summed E-state index contributed by atoms with van der Waals surface area (Å²) < 4.78 is 140. The van der Waals surface area contributed by atoms with E-state index in [1.54, 1.807) is 112 Å². The first-order valence-corrected chi connectivity index (χ1v) is 44.6. The first-order valence-electron chi connectivity index (χ1n) is 44.3. The molecule has 12 nitrogen and oxygen atoms in total. The number of amides is 1. The van der Waals surface area contributed by atoms with Crippen LogP contribution >= 0.6 is 11.6 Å². The van der Waals surface area contributed by atoms with E-state index in [1.165, 1.54) is 110 Å². The van der Waals surface area contributed by atoms with Gasteiger partial charge in [-0.3, -0.25) is 4.79 Å². The molecule has 0 spiro atoms. The van der Waals surface area contributed by atoms with Gasteiger partial charge in [-0.25, -0.2) is 39.5 Å². The zero-order valence-electron chi connectivity index (χ0n) is 77.2.